The van der Waals surface area contributed by atoms with E-state index in [1.807, 2.05) is 36.7 Å². The van der Waals surface area contributed by atoms with Gasteiger partial charge in [-0.2, -0.15) is 0 Å². The lowest BCUT2D eigenvalue weighted by atomic mass is 10.2. The molecule has 3 nitrogen and oxygen atoms in total. The van der Waals surface area contributed by atoms with Crippen molar-refractivity contribution in [3.8, 4) is 0 Å². The molecular weight excluding hydrogens is 258 g/mol. The lowest BCUT2D eigenvalue weighted by molar-refractivity contribution is 0.918. The van der Waals surface area contributed by atoms with Crippen molar-refractivity contribution in [3.05, 3.63) is 53.3 Å². The molecule has 0 saturated heterocycles. The highest BCUT2D eigenvalue weighted by molar-refractivity contribution is 6.30. The fourth-order valence-electron chi connectivity index (χ4n) is 1.89. The molecule has 1 N–H and O–H groups in total. The summed E-state index contributed by atoms with van der Waals surface area (Å²) >= 11 is 5.89. The third kappa shape index (κ3) is 3.86. The highest BCUT2D eigenvalue weighted by Crippen LogP contribution is 2.19. The van der Waals surface area contributed by atoms with E-state index in [0.717, 1.165) is 29.5 Å². The predicted molar refractivity (Wildman–Crippen MR) is 82.0 cm³/mol. The summed E-state index contributed by atoms with van der Waals surface area (Å²) in [7, 11) is 2.06. The number of hydrogen-bond donors (Lipinski definition) is 1. The van der Waals surface area contributed by atoms with Gasteiger partial charge in [-0.1, -0.05) is 23.7 Å². The van der Waals surface area contributed by atoms with Crippen LogP contribution in [0, 0.1) is 0 Å². The second-order valence-electron chi connectivity index (χ2n) is 4.44. The van der Waals surface area contributed by atoms with Crippen molar-refractivity contribution in [1.29, 1.82) is 0 Å². The van der Waals surface area contributed by atoms with Crippen molar-refractivity contribution in [2.24, 2.45) is 0 Å². The van der Waals surface area contributed by atoms with Crippen molar-refractivity contribution in [1.82, 2.24) is 4.98 Å². The first-order chi connectivity index (χ1) is 9.19. The van der Waals surface area contributed by atoms with Crippen LogP contribution < -0.4 is 10.2 Å². The van der Waals surface area contributed by atoms with Crippen LogP contribution in [0.1, 0.15) is 12.5 Å². The number of nitrogens with zero attached hydrogens (tertiary/aromatic N) is 2. The van der Waals surface area contributed by atoms with Crippen molar-refractivity contribution < 1.29 is 0 Å². The summed E-state index contributed by atoms with van der Waals surface area (Å²) in [5, 5.41) is 4.03. The molecule has 2 rings (SSSR count). The summed E-state index contributed by atoms with van der Waals surface area (Å²) < 4.78 is 0. The van der Waals surface area contributed by atoms with E-state index >= 15 is 0 Å². The van der Waals surface area contributed by atoms with E-state index < -0.39 is 0 Å². The van der Waals surface area contributed by atoms with Gasteiger partial charge in [0.2, 0.25) is 0 Å². The van der Waals surface area contributed by atoms with Gasteiger partial charge in [-0.05, 0) is 30.7 Å². The van der Waals surface area contributed by atoms with Gasteiger partial charge in [-0.25, -0.2) is 0 Å². The van der Waals surface area contributed by atoms with Gasteiger partial charge >= 0.3 is 0 Å². The maximum atomic E-state index is 5.89. The molecule has 0 saturated carbocycles. The second-order valence-corrected chi connectivity index (χ2v) is 4.88. The van der Waals surface area contributed by atoms with Gasteiger partial charge in [0.1, 0.15) is 0 Å². The first kappa shape index (κ1) is 13.7. The number of aromatic nitrogens is 1. The topological polar surface area (TPSA) is 28.2 Å². The summed E-state index contributed by atoms with van der Waals surface area (Å²) in [5.74, 6) is 0. The quantitative estimate of drug-likeness (QED) is 0.900. The number of rotatable bonds is 5. The van der Waals surface area contributed by atoms with Gasteiger partial charge in [0.25, 0.3) is 0 Å². The van der Waals surface area contributed by atoms with E-state index in [4.69, 9.17) is 11.6 Å². The molecule has 19 heavy (non-hydrogen) atoms. The Morgan fingerprint density at radius 2 is 1.95 bits per heavy atom. The molecule has 0 bridgehead atoms. The van der Waals surface area contributed by atoms with Crippen LogP contribution >= 0.6 is 11.6 Å². The smallest absolute Gasteiger partial charge is 0.0573 e. The van der Waals surface area contributed by atoms with E-state index in [2.05, 4.69) is 35.2 Å². The van der Waals surface area contributed by atoms with E-state index in [-0.39, 0.29) is 0 Å². The average Bonchev–Trinajstić information content (AvgIpc) is 2.42. The van der Waals surface area contributed by atoms with E-state index in [1.54, 1.807) is 0 Å². The van der Waals surface area contributed by atoms with Gasteiger partial charge in [-0.15, -0.1) is 0 Å². The summed E-state index contributed by atoms with van der Waals surface area (Å²) in [5.41, 5.74) is 3.36. The van der Waals surface area contributed by atoms with Crippen molar-refractivity contribution in [3.63, 3.8) is 0 Å². The Morgan fingerprint density at radius 3 is 2.63 bits per heavy atom. The van der Waals surface area contributed by atoms with Gasteiger partial charge in [0.05, 0.1) is 23.8 Å². The van der Waals surface area contributed by atoms with Gasteiger partial charge in [0, 0.05) is 25.2 Å². The molecule has 0 atom stereocenters. The minimum Gasteiger partial charge on any atom is -0.384 e. The van der Waals surface area contributed by atoms with Crippen LogP contribution in [0.25, 0.3) is 0 Å². The first-order valence-corrected chi connectivity index (χ1v) is 6.71. The molecule has 100 valence electrons. The molecule has 0 fully saturated rings. The molecule has 0 radical (unpaired) electrons. The molecule has 4 heteroatoms. The van der Waals surface area contributed by atoms with Crippen molar-refractivity contribution >= 4 is 23.0 Å². The number of anilines is 2. The third-order valence-electron chi connectivity index (χ3n) is 2.88. The zero-order chi connectivity index (χ0) is 13.7. The number of pyridine rings is 1. The number of benzene rings is 1. The fraction of sp³-hybridized carbons (Fsp3) is 0.267. The van der Waals surface area contributed by atoms with Crippen LogP contribution in [-0.4, -0.2) is 18.6 Å². The summed E-state index contributed by atoms with van der Waals surface area (Å²) in [6.45, 7) is 3.80. The Labute approximate surface area is 119 Å². The molecule has 0 unspecified atom stereocenters. The Balaban J connectivity index is 2.08. The standard InChI is InChI=1S/C15H18ClN3/c1-3-18-14-8-15(10-17-9-14)19(2)11-12-4-6-13(16)7-5-12/h4-10,18H,3,11H2,1-2H3. The zero-order valence-corrected chi connectivity index (χ0v) is 12.0. The maximum absolute atomic E-state index is 5.89. The van der Waals surface area contributed by atoms with Crippen LogP contribution in [0.4, 0.5) is 11.4 Å². The number of hydrogen-bond acceptors (Lipinski definition) is 3. The molecule has 0 amide bonds. The molecule has 0 aliphatic carbocycles. The van der Waals surface area contributed by atoms with Crippen LogP contribution in [0.2, 0.25) is 5.02 Å². The second kappa shape index (κ2) is 6.43. The molecular formula is C15H18ClN3. The highest BCUT2D eigenvalue weighted by atomic mass is 35.5. The minimum atomic E-state index is 0.766. The molecule has 1 heterocycles. The van der Waals surface area contributed by atoms with Crippen molar-refractivity contribution in [2.45, 2.75) is 13.5 Å². The zero-order valence-electron chi connectivity index (χ0n) is 11.2. The fourth-order valence-corrected chi connectivity index (χ4v) is 2.02. The Morgan fingerprint density at radius 1 is 1.21 bits per heavy atom. The van der Waals surface area contributed by atoms with Crippen molar-refractivity contribution in [2.75, 3.05) is 23.8 Å². The van der Waals surface area contributed by atoms with Crippen LogP contribution in [0.15, 0.2) is 42.7 Å². The SMILES string of the molecule is CCNc1cncc(N(C)Cc2ccc(Cl)cc2)c1. The van der Waals surface area contributed by atoms with Crippen LogP contribution in [0.3, 0.4) is 0 Å². The molecule has 2 aromatic rings. The molecule has 0 aliphatic rings. The monoisotopic (exact) mass is 275 g/mol. The highest BCUT2D eigenvalue weighted by Gasteiger charge is 2.03. The Kier molecular flexibility index (Phi) is 4.63. The largest absolute Gasteiger partial charge is 0.384 e. The molecule has 0 spiro atoms. The normalized spacial score (nSPS) is 10.3. The lowest BCUT2D eigenvalue weighted by Crippen LogP contribution is -2.16. The van der Waals surface area contributed by atoms with Crippen LogP contribution in [-0.2, 0) is 6.54 Å². The molecule has 1 aromatic carbocycles. The van der Waals surface area contributed by atoms with Gasteiger partial charge in [-0.3, -0.25) is 4.98 Å². The van der Waals surface area contributed by atoms with E-state index in [1.165, 1.54) is 5.56 Å². The maximum Gasteiger partial charge on any atom is 0.0573 e. The Hall–Kier alpha value is -1.74. The molecule has 1 aromatic heterocycles. The van der Waals surface area contributed by atoms with Gasteiger partial charge < -0.3 is 10.2 Å². The summed E-state index contributed by atoms with van der Waals surface area (Å²) in [4.78, 5) is 6.42. The summed E-state index contributed by atoms with van der Waals surface area (Å²) in [6.07, 6.45) is 3.71. The molecule has 0 aliphatic heterocycles. The number of nitrogens with one attached hydrogen (secondary N) is 1. The van der Waals surface area contributed by atoms with E-state index in [9.17, 15) is 0 Å². The minimum absolute atomic E-state index is 0.766. The lowest BCUT2D eigenvalue weighted by Gasteiger charge is -2.20. The predicted octanol–water partition coefficient (Wildman–Crippen LogP) is 3.80. The average molecular weight is 276 g/mol. The Bertz CT molecular complexity index is 525. The third-order valence-corrected chi connectivity index (χ3v) is 3.13. The van der Waals surface area contributed by atoms with Crippen LogP contribution in [0.5, 0.6) is 0 Å². The van der Waals surface area contributed by atoms with E-state index in [0.29, 0.717) is 0 Å². The number of halogens is 1. The van der Waals surface area contributed by atoms with Gasteiger partial charge in [0.15, 0.2) is 0 Å². The summed E-state index contributed by atoms with van der Waals surface area (Å²) in [6, 6.07) is 10.0. The first-order valence-electron chi connectivity index (χ1n) is 6.33.